The van der Waals surface area contributed by atoms with Crippen LogP contribution in [0, 0.1) is 5.41 Å². The van der Waals surface area contributed by atoms with Gasteiger partial charge in [-0.05, 0) is 24.0 Å². The second-order valence-electron chi connectivity index (χ2n) is 6.60. The maximum absolute atomic E-state index is 4.45. The molecule has 1 unspecified atom stereocenters. The Labute approximate surface area is 150 Å². The molecule has 1 N–H and O–H groups in total. The van der Waals surface area contributed by atoms with E-state index in [0.29, 0.717) is 11.5 Å². The topological polar surface area (TPSA) is 43.8 Å². The van der Waals surface area contributed by atoms with Crippen molar-refractivity contribution in [2.75, 3.05) is 38.1 Å². The highest BCUT2D eigenvalue weighted by Gasteiger charge is 2.46. The molecule has 22 heavy (non-hydrogen) atoms. The Hall–Kier alpha value is -1.05. The molecule has 0 spiro atoms. The summed E-state index contributed by atoms with van der Waals surface area (Å²) in [5.74, 6) is 2.12. The quantitative estimate of drug-likeness (QED) is 0.457. The molecule has 0 radical (unpaired) electrons. The number of aromatic nitrogens is 1. The van der Waals surface area contributed by atoms with E-state index in [1.54, 1.807) is 0 Å². The highest BCUT2D eigenvalue weighted by atomic mass is 127. The van der Waals surface area contributed by atoms with Gasteiger partial charge in [0.2, 0.25) is 0 Å². The van der Waals surface area contributed by atoms with Crippen molar-refractivity contribution in [3.63, 3.8) is 0 Å². The van der Waals surface area contributed by atoms with E-state index in [0.717, 1.165) is 38.0 Å². The summed E-state index contributed by atoms with van der Waals surface area (Å²) in [6, 6.07) is 6.66. The summed E-state index contributed by atoms with van der Waals surface area (Å²) >= 11 is 0. The number of piperazine rings is 1. The van der Waals surface area contributed by atoms with Crippen LogP contribution in [0.15, 0.2) is 29.4 Å². The first-order valence-corrected chi connectivity index (χ1v) is 7.74. The Morgan fingerprint density at radius 2 is 1.95 bits per heavy atom. The second-order valence-corrected chi connectivity index (χ2v) is 6.60. The van der Waals surface area contributed by atoms with Crippen LogP contribution in [0.2, 0.25) is 0 Å². The van der Waals surface area contributed by atoms with Gasteiger partial charge in [0, 0.05) is 45.5 Å². The summed E-state index contributed by atoms with van der Waals surface area (Å²) < 4.78 is 0. The second kappa shape index (κ2) is 7.02. The Balaban J connectivity index is 0.00000176. The van der Waals surface area contributed by atoms with Crippen molar-refractivity contribution < 1.29 is 0 Å². The first-order valence-electron chi connectivity index (χ1n) is 7.74. The third kappa shape index (κ3) is 3.83. The van der Waals surface area contributed by atoms with Crippen molar-refractivity contribution in [1.82, 2.24) is 15.2 Å². The molecule has 1 aromatic heterocycles. The van der Waals surface area contributed by atoms with Gasteiger partial charge >= 0.3 is 0 Å². The summed E-state index contributed by atoms with van der Waals surface area (Å²) in [6.45, 7) is 8.57. The van der Waals surface area contributed by atoms with Gasteiger partial charge in [0.1, 0.15) is 5.82 Å². The Kier molecular flexibility index (Phi) is 5.52. The molecule has 1 aromatic rings. The van der Waals surface area contributed by atoms with Gasteiger partial charge in [0.15, 0.2) is 5.96 Å². The summed E-state index contributed by atoms with van der Waals surface area (Å²) in [5, 5.41) is 3.60. The lowest BCUT2D eigenvalue weighted by Crippen LogP contribution is -2.53. The van der Waals surface area contributed by atoms with Crippen LogP contribution >= 0.6 is 24.0 Å². The molecule has 122 valence electrons. The number of pyridine rings is 1. The molecule has 0 bridgehead atoms. The van der Waals surface area contributed by atoms with Gasteiger partial charge in [-0.25, -0.2) is 4.98 Å². The maximum Gasteiger partial charge on any atom is 0.194 e. The van der Waals surface area contributed by atoms with Crippen LogP contribution in [-0.4, -0.2) is 55.1 Å². The van der Waals surface area contributed by atoms with Crippen molar-refractivity contribution in [3.05, 3.63) is 24.4 Å². The molecule has 2 fully saturated rings. The van der Waals surface area contributed by atoms with Crippen molar-refractivity contribution >= 4 is 35.8 Å². The zero-order valence-corrected chi connectivity index (χ0v) is 15.9. The van der Waals surface area contributed by atoms with Crippen molar-refractivity contribution in [1.29, 1.82) is 0 Å². The molecule has 2 heterocycles. The molecule has 1 aliphatic carbocycles. The van der Waals surface area contributed by atoms with Crippen molar-refractivity contribution in [3.8, 4) is 0 Å². The molecule has 3 rings (SSSR count). The zero-order chi connectivity index (χ0) is 14.9. The van der Waals surface area contributed by atoms with Gasteiger partial charge in [0.05, 0.1) is 0 Å². The lowest BCUT2D eigenvalue weighted by Gasteiger charge is -2.37. The number of guanidine groups is 1. The SMILES string of the molecule is CN=C(NC1CC1(C)C)N1CCN(c2ccccn2)CC1.I. The van der Waals surface area contributed by atoms with Gasteiger partial charge in [-0.3, -0.25) is 4.99 Å². The fraction of sp³-hybridized carbons (Fsp3) is 0.625. The lowest BCUT2D eigenvalue weighted by atomic mass is 10.2. The predicted molar refractivity (Wildman–Crippen MR) is 102 cm³/mol. The largest absolute Gasteiger partial charge is 0.353 e. The van der Waals surface area contributed by atoms with Crippen molar-refractivity contribution in [2.45, 2.75) is 26.3 Å². The lowest BCUT2D eigenvalue weighted by molar-refractivity contribution is 0.368. The van der Waals surface area contributed by atoms with E-state index in [2.05, 4.69) is 45.0 Å². The highest BCUT2D eigenvalue weighted by Crippen LogP contribution is 2.44. The summed E-state index contributed by atoms with van der Waals surface area (Å²) in [6.07, 6.45) is 3.09. The predicted octanol–water partition coefficient (Wildman–Crippen LogP) is 2.20. The number of rotatable bonds is 2. The third-order valence-electron chi connectivity index (χ3n) is 4.58. The number of anilines is 1. The molecule has 1 saturated heterocycles. The van der Waals surface area contributed by atoms with E-state index in [-0.39, 0.29) is 24.0 Å². The molecule has 1 saturated carbocycles. The van der Waals surface area contributed by atoms with Crippen LogP contribution < -0.4 is 10.2 Å². The van der Waals surface area contributed by atoms with Crippen molar-refractivity contribution in [2.24, 2.45) is 10.4 Å². The average Bonchev–Trinajstić information content (AvgIpc) is 3.13. The van der Waals surface area contributed by atoms with Gasteiger partial charge in [0.25, 0.3) is 0 Å². The number of hydrogen-bond acceptors (Lipinski definition) is 3. The van der Waals surface area contributed by atoms with E-state index < -0.39 is 0 Å². The summed E-state index contributed by atoms with van der Waals surface area (Å²) in [7, 11) is 1.88. The monoisotopic (exact) mass is 415 g/mol. The Bertz CT molecular complexity index is 509. The molecule has 0 amide bonds. The Morgan fingerprint density at radius 3 is 2.45 bits per heavy atom. The van der Waals surface area contributed by atoms with Crippen LogP contribution in [0.25, 0.3) is 0 Å². The van der Waals surface area contributed by atoms with Crippen LogP contribution in [0.1, 0.15) is 20.3 Å². The molecule has 1 atom stereocenters. The van der Waals surface area contributed by atoms with Crippen LogP contribution in [-0.2, 0) is 0 Å². The third-order valence-corrected chi connectivity index (χ3v) is 4.58. The van der Waals surface area contributed by atoms with E-state index in [4.69, 9.17) is 0 Å². The average molecular weight is 415 g/mol. The first-order chi connectivity index (χ1) is 10.1. The summed E-state index contributed by atoms with van der Waals surface area (Å²) in [4.78, 5) is 13.6. The first kappa shape index (κ1) is 17.3. The molecule has 6 heteroatoms. The highest BCUT2D eigenvalue weighted by molar-refractivity contribution is 14.0. The minimum absolute atomic E-state index is 0. The van der Waals surface area contributed by atoms with E-state index >= 15 is 0 Å². The standard InChI is InChI=1S/C16H25N5.HI/c1-16(2)12-13(16)19-15(17-3)21-10-8-20(9-11-21)14-6-4-5-7-18-14;/h4-7,13H,8-12H2,1-3H3,(H,17,19);1H. The van der Waals surface area contributed by atoms with E-state index in [1.807, 2.05) is 25.4 Å². The number of hydrogen-bond donors (Lipinski definition) is 1. The number of aliphatic imine (C=N–C) groups is 1. The molecule has 5 nitrogen and oxygen atoms in total. The van der Waals surface area contributed by atoms with Gasteiger partial charge in [-0.1, -0.05) is 19.9 Å². The fourth-order valence-electron chi connectivity index (χ4n) is 2.85. The number of nitrogens with one attached hydrogen (secondary N) is 1. The van der Waals surface area contributed by atoms with Gasteiger partial charge in [-0.2, -0.15) is 0 Å². The van der Waals surface area contributed by atoms with E-state index in [9.17, 15) is 0 Å². The van der Waals surface area contributed by atoms with Gasteiger partial charge < -0.3 is 15.1 Å². The van der Waals surface area contributed by atoms with E-state index in [1.165, 1.54) is 6.42 Å². The molecule has 2 aliphatic rings. The number of halogens is 1. The Morgan fingerprint density at radius 1 is 1.27 bits per heavy atom. The van der Waals surface area contributed by atoms with Crippen LogP contribution in [0.3, 0.4) is 0 Å². The number of nitrogens with zero attached hydrogens (tertiary/aromatic N) is 4. The zero-order valence-electron chi connectivity index (χ0n) is 13.6. The molecular formula is C16H26IN5. The van der Waals surface area contributed by atoms with Crippen LogP contribution in [0.4, 0.5) is 5.82 Å². The summed E-state index contributed by atoms with van der Waals surface area (Å²) in [5.41, 5.74) is 0.422. The molecule has 0 aromatic carbocycles. The molecular weight excluding hydrogens is 389 g/mol. The fourth-order valence-corrected chi connectivity index (χ4v) is 2.85. The normalized spacial score (nSPS) is 23.8. The van der Waals surface area contributed by atoms with Crippen LogP contribution in [0.5, 0.6) is 0 Å². The smallest absolute Gasteiger partial charge is 0.194 e. The maximum atomic E-state index is 4.45. The minimum atomic E-state index is 0. The molecule has 1 aliphatic heterocycles. The minimum Gasteiger partial charge on any atom is -0.353 e. The van der Waals surface area contributed by atoms with Gasteiger partial charge in [-0.15, -0.1) is 24.0 Å².